The summed E-state index contributed by atoms with van der Waals surface area (Å²) in [6.45, 7) is 7.99. The molecule has 0 spiro atoms. The molecular weight excluding hydrogens is 331 g/mol. The van der Waals surface area contributed by atoms with Crippen LogP contribution in [0.5, 0.6) is 0 Å². The third-order valence-corrected chi connectivity index (χ3v) is 4.89. The Morgan fingerprint density at radius 3 is 2.33 bits per heavy atom. The summed E-state index contributed by atoms with van der Waals surface area (Å²) in [4.78, 5) is 16.6. The van der Waals surface area contributed by atoms with Gasteiger partial charge in [0.1, 0.15) is 4.34 Å². The molecule has 0 saturated carbocycles. The van der Waals surface area contributed by atoms with E-state index in [1.165, 1.54) is 11.3 Å². The number of carbonyl (C=O) groups excluding carboxylic acids is 1. The van der Waals surface area contributed by atoms with Crippen molar-refractivity contribution in [2.45, 2.75) is 19.4 Å². The van der Waals surface area contributed by atoms with Crippen molar-refractivity contribution in [3.05, 3.63) is 20.3 Å². The molecule has 1 saturated heterocycles. The number of thiophene rings is 1. The van der Waals surface area contributed by atoms with Crippen molar-refractivity contribution in [1.29, 1.82) is 0 Å². The highest BCUT2D eigenvalue weighted by atomic mass is 35.5. The summed E-state index contributed by atoms with van der Waals surface area (Å²) in [6, 6.07) is 1.64. The van der Waals surface area contributed by atoms with E-state index in [0.29, 0.717) is 27.3 Å². The summed E-state index contributed by atoms with van der Waals surface area (Å²) in [5.41, 5.74) is -0.163. The topological polar surface area (TPSA) is 43.8 Å². The molecule has 0 unspecified atom stereocenters. The molecular formula is C14H20Cl2N2O2S. The fourth-order valence-corrected chi connectivity index (χ4v) is 3.97. The quantitative estimate of drug-likeness (QED) is 0.829. The van der Waals surface area contributed by atoms with Gasteiger partial charge in [-0.15, -0.1) is 11.3 Å². The number of ketones is 1. The lowest BCUT2D eigenvalue weighted by molar-refractivity contribution is 0.0179. The predicted molar refractivity (Wildman–Crippen MR) is 87.8 cm³/mol. The van der Waals surface area contributed by atoms with E-state index in [-0.39, 0.29) is 5.78 Å². The molecule has 1 N–H and O–H groups in total. The highest BCUT2D eigenvalue weighted by Crippen LogP contribution is 2.31. The van der Waals surface area contributed by atoms with Crippen molar-refractivity contribution in [2.75, 3.05) is 39.3 Å². The van der Waals surface area contributed by atoms with Crippen molar-refractivity contribution in [1.82, 2.24) is 9.80 Å². The minimum atomic E-state index is -0.682. The maximum atomic E-state index is 12.2. The van der Waals surface area contributed by atoms with Crippen LogP contribution < -0.4 is 0 Å². The van der Waals surface area contributed by atoms with Gasteiger partial charge >= 0.3 is 0 Å². The van der Waals surface area contributed by atoms with E-state index < -0.39 is 5.60 Å². The molecule has 1 aromatic rings. The molecule has 21 heavy (non-hydrogen) atoms. The molecule has 2 heterocycles. The van der Waals surface area contributed by atoms with Crippen LogP contribution in [0.3, 0.4) is 0 Å². The van der Waals surface area contributed by atoms with Gasteiger partial charge < -0.3 is 5.11 Å². The number of rotatable bonds is 5. The van der Waals surface area contributed by atoms with Crippen molar-refractivity contribution in [3.63, 3.8) is 0 Å². The van der Waals surface area contributed by atoms with Crippen molar-refractivity contribution >= 4 is 40.3 Å². The summed E-state index contributed by atoms with van der Waals surface area (Å²) < 4.78 is 1.00. The maximum absolute atomic E-state index is 12.2. The molecule has 118 valence electrons. The Bertz CT molecular complexity index is 506. The first-order valence-electron chi connectivity index (χ1n) is 6.90. The second kappa shape index (κ2) is 6.94. The Labute approximate surface area is 139 Å². The van der Waals surface area contributed by atoms with E-state index in [2.05, 4.69) is 9.80 Å². The van der Waals surface area contributed by atoms with E-state index in [9.17, 15) is 9.90 Å². The summed E-state index contributed by atoms with van der Waals surface area (Å²) in [7, 11) is 0. The fraction of sp³-hybridized carbons (Fsp3) is 0.643. The van der Waals surface area contributed by atoms with Crippen LogP contribution >= 0.6 is 34.5 Å². The van der Waals surface area contributed by atoms with Crippen LogP contribution in [0, 0.1) is 0 Å². The smallest absolute Gasteiger partial charge is 0.179 e. The second-order valence-corrected chi connectivity index (χ2v) is 8.31. The van der Waals surface area contributed by atoms with Crippen LogP contribution in [-0.2, 0) is 0 Å². The molecule has 0 bridgehead atoms. The average Bonchev–Trinajstić information content (AvgIpc) is 2.69. The third-order valence-electron chi connectivity index (χ3n) is 3.40. The number of carbonyl (C=O) groups is 1. The Morgan fingerprint density at radius 1 is 1.29 bits per heavy atom. The van der Waals surface area contributed by atoms with Crippen LogP contribution in [-0.4, -0.2) is 65.6 Å². The lowest BCUT2D eigenvalue weighted by Crippen LogP contribution is -2.51. The molecule has 1 aromatic heterocycles. The summed E-state index contributed by atoms with van der Waals surface area (Å²) in [6.07, 6.45) is 0. The lowest BCUT2D eigenvalue weighted by Gasteiger charge is -2.36. The number of β-amino-alcohol motifs (C(OH)–C–C–N with tert-alkyl or cyclic N) is 1. The van der Waals surface area contributed by atoms with E-state index >= 15 is 0 Å². The maximum Gasteiger partial charge on any atom is 0.179 e. The number of aliphatic hydroxyl groups is 1. The first kappa shape index (κ1) is 17.2. The van der Waals surface area contributed by atoms with Crippen LogP contribution in [0.2, 0.25) is 8.67 Å². The highest BCUT2D eigenvalue weighted by molar-refractivity contribution is 7.20. The molecule has 1 aliphatic rings. The monoisotopic (exact) mass is 350 g/mol. The van der Waals surface area contributed by atoms with Crippen molar-refractivity contribution in [2.24, 2.45) is 0 Å². The van der Waals surface area contributed by atoms with Gasteiger partial charge in [-0.2, -0.15) is 0 Å². The Kier molecular flexibility index (Phi) is 5.68. The van der Waals surface area contributed by atoms with Gasteiger partial charge in [0, 0.05) is 32.7 Å². The number of halogens is 2. The van der Waals surface area contributed by atoms with Gasteiger partial charge in [-0.3, -0.25) is 14.6 Å². The predicted octanol–water partition coefficient (Wildman–Crippen LogP) is 2.63. The lowest BCUT2D eigenvalue weighted by atomic mass is 10.1. The Balaban J connectivity index is 1.83. The zero-order valence-electron chi connectivity index (χ0n) is 12.2. The van der Waals surface area contributed by atoms with E-state index in [4.69, 9.17) is 23.2 Å². The SMILES string of the molecule is CC(C)(O)CN1CCN(CC(=O)c2cc(Cl)sc2Cl)CC1. The number of Topliss-reactive ketones (excluding diaryl/α,β-unsaturated/α-hetero) is 1. The zero-order valence-corrected chi connectivity index (χ0v) is 14.6. The molecule has 1 aliphatic heterocycles. The van der Waals surface area contributed by atoms with Gasteiger partial charge in [0.05, 0.1) is 22.0 Å². The normalized spacial score (nSPS) is 18.1. The fourth-order valence-electron chi connectivity index (χ4n) is 2.47. The first-order valence-corrected chi connectivity index (χ1v) is 8.47. The highest BCUT2D eigenvalue weighted by Gasteiger charge is 2.24. The van der Waals surface area contributed by atoms with E-state index in [0.717, 1.165) is 26.2 Å². The van der Waals surface area contributed by atoms with Crippen LogP contribution in [0.4, 0.5) is 0 Å². The van der Waals surface area contributed by atoms with Gasteiger partial charge in [0.2, 0.25) is 0 Å². The van der Waals surface area contributed by atoms with Crippen LogP contribution in [0.15, 0.2) is 6.07 Å². The van der Waals surface area contributed by atoms with Gasteiger partial charge in [0.25, 0.3) is 0 Å². The third kappa shape index (κ3) is 5.20. The van der Waals surface area contributed by atoms with Crippen LogP contribution in [0.1, 0.15) is 24.2 Å². The molecule has 4 nitrogen and oxygen atoms in total. The minimum absolute atomic E-state index is 0.0130. The second-order valence-electron chi connectivity index (χ2n) is 6.03. The summed E-state index contributed by atoms with van der Waals surface area (Å²) >= 11 is 13.1. The molecule has 2 rings (SSSR count). The van der Waals surface area contributed by atoms with Gasteiger partial charge in [0.15, 0.2) is 5.78 Å². The molecule has 7 heteroatoms. The number of piperazine rings is 1. The van der Waals surface area contributed by atoms with Gasteiger partial charge in [-0.05, 0) is 19.9 Å². The summed E-state index contributed by atoms with van der Waals surface area (Å²) in [5, 5.41) is 9.83. The molecule has 0 aliphatic carbocycles. The van der Waals surface area contributed by atoms with Gasteiger partial charge in [-0.1, -0.05) is 23.2 Å². The van der Waals surface area contributed by atoms with E-state index in [1.807, 2.05) is 13.8 Å². The Hall–Kier alpha value is -0.170. The molecule has 0 aromatic carbocycles. The minimum Gasteiger partial charge on any atom is -0.389 e. The Morgan fingerprint density at radius 2 is 1.86 bits per heavy atom. The van der Waals surface area contributed by atoms with Crippen LogP contribution in [0.25, 0.3) is 0 Å². The average molecular weight is 351 g/mol. The van der Waals surface area contributed by atoms with Gasteiger partial charge in [-0.25, -0.2) is 0 Å². The number of hydrogen-bond acceptors (Lipinski definition) is 5. The molecule has 0 amide bonds. The van der Waals surface area contributed by atoms with Crippen molar-refractivity contribution in [3.8, 4) is 0 Å². The number of hydrogen-bond donors (Lipinski definition) is 1. The first-order chi connectivity index (χ1) is 9.74. The van der Waals surface area contributed by atoms with E-state index in [1.54, 1.807) is 6.07 Å². The standard InChI is InChI=1S/C14H20Cl2N2O2S/c1-14(2,20)9-18-5-3-17(4-6-18)8-11(19)10-7-12(15)21-13(10)16/h7,20H,3-6,8-9H2,1-2H3. The largest absolute Gasteiger partial charge is 0.389 e. The van der Waals surface area contributed by atoms with Crippen molar-refractivity contribution < 1.29 is 9.90 Å². The number of nitrogens with zero attached hydrogens (tertiary/aromatic N) is 2. The summed E-state index contributed by atoms with van der Waals surface area (Å²) in [5.74, 6) is 0.0130. The molecule has 1 fully saturated rings. The molecule has 0 atom stereocenters. The molecule has 0 radical (unpaired) electrons. The zero-order chi connectivity index (χ0) is 15.6.